The maximum atomic E-state index is 10.6. The fraction of sp³-hybridized carbons (Fsp3) is 0.571. The Hall–Kier alpha value is -1.22. The second kappa shape index (κ2) is 6.27. The predicted octanol–water partition coefficient (Wildman–Crippen LogP) is -1.60. The molecular formula is C14H20O7. The summed E-state index contributed by atoms with van der Waals surface area (Å²) in [5.41, 5.74) is -1.52. The molecular weight excluding hydrogens is 280 g/mol. The van der Waals surface area contributed by atoms with Gasteiger partial charge in [0, 0.05) is 6.42 Å². The van der Waals surface area contributed by atoms with E-state index in [4.69, 9.17) is 14.6 Å². The van der Waals surface area contributed by atoms with Crippen molar-refractivity contribution in [2.75, 3.05) is 13.7 Å². The van der Waals surface area contributed by atoms with Crippen LogP contribution in [0.3, 0.4) is 0 Å². The summed E-state index contributed by atoms with van der Waals surface area (Å²) in [4.78, 5) is 0. The van der Waals surface area contributed by atoms with E-state index in [1.165, 1.54) is 7.11 Å². The van der Waals surface area contributed by atoms with Gasteiger partial charge in [-0.3, -0.25) is 0 Å². The molecule has 7 heteroatoms. The van der Waals surface area contributed by atoms with Crippen LogP contribution in [0.5, 0.6) is 5.75 Å². The first-order valence-corrected chi connectivity index (χ1v) is 6.58. The fourth-order valence-corrected chi connectivity index (χ4v) is 2.58. The Balaban J connectivity index is 2.33. The third-order valence-corrected chi connectivity index (χ3v) is 3.81. The van der Waals surface area contributed by atoms with Gasteiger partial charge in [-0.1, -0.05) is 18.2 Å². The van der Waals surface area contributed by atoms with Gasteiger partial charge in [0.2, 0.25) is 0 Å². The van der Waals surface area contributed by atoms with Gasteiger partial charge < -0.3 is 35.0 Å². The quantitative estimate of drug-likeness (QED) is 0.454. The number of benzene rings is 1. The number of methoxy groups -OCH3 is 1. The number of rotatable bonds is 4. The molecule has 1 aromatic carbocycles. The van der Waals surface area contributed by atoms with Crippen LogP contribution in [0, 0.1) is 0 Å². The molecule has 118 valence electrons. The lowest BCUT2D eigenvalue weighted by Gasteiger charge is -2.46. The number of aliphatic hydroxyl groups is 5. The van der Waals surface area contributed by atoms with Gasteiger partial charge >= 0.3 is 0 Å². The Morgan fingerprint density at radius 1 is 1.19 bits per heavy atom. The Morgan fingerprint density at radius 2 is 1.86 bits per heavy atom. The third kappa shape index (κ3) is 2.89. The van der Waals surface area contributed by atoms with Crippen LogP contribution in [0.1, 0.15) is 5.56 Å². The maximum Gasteiger partial charge on any atom is 0.184 e. The molecule has 1 aliphatic heterocycles. The van der Waals surface area contributed by atoms with E-state index < -0.39 is 36.8 Å². The third-order valence-electron chi connectivity index (χ3n) is 3.81. The van der Waals surface area contributed by atoms with E-state index in [9.17, 15) is 20.4 Å². The zero-order valence-corrected chi connectivity index (χ0v) is 11.6. The van der Waals surface area contributed by atoms with Gasteiger partial charge in [0.05, 0.1) is 13.7 Å². The smallest absolute Gasteiger partial charge is 0.184 e. The molecule has 1 heterocycles. The molecule has 2 rings (SSSR count). The van der Waals surface area contributed by atoms with Gasteiger partial charge in [0.1, 0.15) is 29.7 Å². The molecule has 1 aromatic rings. The fourth-order valence-electron chi connectivity index (χ4n) is 2.58. The predicted molar refractivity (Wildman–Crippen MR) is 71.6 cm³/mol. The van der Waals surface area contributed by atoms with Crippen LogP contribution in [0.25, 0.3) is 0 Å². The van der Waals surface area contributed by atoms with Crippen LogP contribution in [0.15, 0.2) is 24.3 Å². The minimum absolute atomic E-state index is 0.170. The average Bonchev–Trinajstić information content (AvgIpc) is 2.50. The van der Waals surface area contributed by atoms with Crippen molar-refractivity contribution in [3.8, 4) is 5.75 Å². The van der Waals surface area contributed by atoms with Crippen LogP contribution < -0.4 is 4.74 Å². The molecule has 0 bridgehead atoms. The number of aliphatic hydroxyl groups excluding tert-OH is 4. The van der Waals surface area contributed by atoms with E-state index in [2.05, 4.69) is 0 Å². The summed E-state index contributed by atoms with van der Waals surface area (Å²) >= 11 is 0. The minimum Gasteiger partial charge on any atom is -0.496 e. The van der Waals surface area contributed by atoms with Crippen molar-refractivity contribution in [3.63, 3.8) is 0 Å². The topological polar surface area (TPSA) is 120 Å². The zero-order valence-electron chi connectivity index (χ0n) is 11.6. The lowest BCUT2D eigenvalue weighted by Crippen LogP contribution is -2.68. The average molecular weight is 300 g/mol. The number of para-hydroxylation sites is 1. The molecule has 0 spiro atoms. The van der Waals surface area contributed by atoms with Gasteiger partial charge in [-0.2, -0.15) is 0 Å². The van der Waals surface area contributed by atoms with Crippen molar-refractivity contribution >= 4 is 0 Å². The largest absolute Gasteiger partial charge is 0.496 e. The molecule has 5 N–H and O–H groups in total. The van der Waals surface area contributed by atoms with Crippen LogP contribution in [0.4, 0.5) is 0 Å². The van der Waals surface area contributed by atoms with Crippen molar-refractivity contribution in [1.82, 2.24) is 0 Å². The molecule has 0 amide bonds. The first-order valence-electron chi connectivity index (χ1n) is 6.58. The highest BCUT2D eigenvalue weighted by atomic mass is 16.6. The highest BCUT2D eigenvalue weighted by Crippen LogP contribution is 2.34. The van der Waals surface area contributed by atoms with Gasteiger partial charge in [0.15, 0.2) is 6.29 Å². The molecule has 5 atom stereocenters. The molecule has 0 aliphatic carbocycles. The van der Waals surface area contributed by atoms with Gasteiger partial charge in [-0.15, -0.1) is 0 Å². The molecule has 1 saturated heterocycles. The van der Waals surface area contributed by atoms with E-state index in [-0.39, 0.29) is 6.42 Å². The maximum absolute atomic E-state index is 10.6. The Morgan fingerprint density at radius 3 is 2.48 bits per heavy atom. The molecule has 0 aromatic heterocycles. The number of hydrogen-bond acceptors (Lipinski definition) is 7. The molecule has 0 unspecified atom stereocenters. The monoisotopic (exact) mass is 300 g/mol. The summed E-state index contributed by atoms with van der Waals surface area (Å²) in [5.74, 6) is 0.479. The molecule has 21 heavy (non-hydrogen) atoms. The van der Waals surface area contributed by atoms with E-state index in [1.807, 2.05) is 0 Å². The Kier molecular flexibility index (Phi) is 4.82. The SMILES string of the molecule is COc1ccccc1C[C@]1(O)[C@H](O)[C@@H](CO)O[C@H](O)[C@@H]1O. The van der Waals surface area contributed by atoms with Gasteiger partial charge in [-0.25, -0.2) is 0 Å². The van der Waals surface area contributed by atoms with E-state index in [1.54, 1.807) is 24.3 Å². The van der Waals surface area contributed by atoms with Crippen molar-refractivity contribution < 1.29 is 35.0 Å². The summed E-state index contributed by atoms with van der Waals surface area (Å²) in [7, 11) is 1.46. The van der Waals surface area contributed by atoms with E-state index >= 15 is 0 Å². The van der Waals surface area contributed by atoms with E-state index in [0.717, 1.165) is 0 Å². The molecule has 1 fully saturated rings. The van der Waals surface area contributed by atoms with Crippen LogP contribution >= 0.6 is 0 Å². The second-order valence-corrected chi connectivity index (χ2v) is 5.12. The highest BCUT2D eigenvalue weighted by Gasteiger charge is 2.54. The van der Waals surface area contributed by atoms with Crippen molar-refractivity contribution in [2.45, 2.75) is 36.6 Å². The molecule has 0 saturated carbocycles. The minimum atomic E-state index is -2.07. The summed E-state index contributed by atoms with van der Waals surface area (Å²) in [6.45, 7) is -0.598. The van der Waals surface area contributed by atoms with Crippen molar-refractivity contribution in [3.05, 3.63) is 29.8 Å². The second-order valence-electron chi connectivity index (χ2n) is 5.12. The first-order chi connectivity index (χ1) is 9.93. The summed E-state index contributed by atoms with van der Waals surface area (Å²) in [6, 6.07) is 6.82. The first kappa shape index (κ1) is 16.2. The zero-order chi connectivity index (χ0) is 15.6. The molecule has 1 aliphatic rings. The lowest BCUT2D eigenvalue weighted by atomic mass is 9.79. The lowest BCUT2D eigenvalue weighted by molar-refractivity contribution is -0.321. The normalized spacial score (nSPS) is 36.5. The van der Waals surface area contributed by atoms with Crippen LogP contribution in [-0.4, -0.2) is 69.5 Å². The number of ether oxygens (including phenoxy) is 2. The van der Waals surface area contributed by atoms with Crippen LogP contribution in [-0.2, 0) is 11.2 Å². The summed E-state index contributed by atoms with van der Waals surface area (Å²) in [6.07, 6.45) is -6.35. The Labute approximate surface area is 122 Å². The Bertz CT molecular complexity index is 480. The van der Waals surface area contributed by atoms with E-state index in [0.29, 0.717) is 11.3 Å². The number of hydrogen-bond donors (Lipinski definition) is 5. The molecule has 0 radical (unpaired) electrons. The van der Waals surface area contributed by atoms with Gasteiger partial charge in [-0.05, 0) is 11.6 Å². The molecule has 7 nitrogen and oxygen atoms in total. The standard InChI is InChI=1S/C14H20O7/c1-20-9-5-3-2-4-8(9)6-14(19)11(16)10(7-15)21-13(18)12(14)17/h2-5,10-13,15-19H,6-7H2,1H3/t10-,11-,12+,13+,14+/m1/s1. The summed E-state index contributed by atoms with van der Waals surface area (Å²) in [5, 5.41) is 49.6. The van der Waals surface area contributed by atoms with Crippen LogP contribution in [0.2, 0.25) is 0 Å². The highest BCUT2D eigenvalue weighted by molar-refractivity contribution is 5.35. The van der Waals surface area contributed by atoms with Crippen molar-refractivity contribution in [2.24, 2.45) is 0 Å². The van der Waals surface area contributed by atoms with Gasteiger partial charge in [0.25, 0.3) is 0 Å². The summed E-state index contributed by atoms with van der Waals surface area (Å²) < 4.78 is 10.0. The van der Waals surface area contributed by atoms with Crippen molar-refractivity contribution in [1.29, 1.82) is 0 Å².